The van der Waals surface area contributed by atoms with Crippen molar-refractivity contribution in [1.82, 2.24) is 9.29 Å². The third-order valence-electron chi connectivity index (χ3n) is 7.27. The number of sulfonamides is 3. The number of nitrogens with zero attached hydrogens (tertiary/aromatic N) is 2. The number of hydrogen-bond donors (Lipinski definition) is 2. The summed E-state index contributed by atoms with van der Waals surface area (Å²) in [7, 11) is -12.2. The first-order chi connectivity index (χ1) is 21.9. The van der Waals surface area contributed by atoms with Crippen molar-refractivity contribution >= 4 is 75.5 Å². The molecule has 3 N–H and O–H groups in total. The molecule has 0 unspecified atom stereocenters. The molecular weight excluding hydrogens is 688 g/mol. The van der Waals surface area contributed by atoms with Crippen LogP contribution in [0.25, 0.3) is 16.5 Å². The van der Waals surface area contributed by atoms with Crippen molar-refractivity contribution in [3.05, 3.63) is 112 Å². The Balaban J connectivity index is 1.80. The van der Waals surface area contributed by atoms with Gasteiger partial charge in [-0.15, -0.1) is 0 Å². The second-order valence-corrected chi connectivity index (χ2v) is 16.6. The van der Waals surface area contributed by atoms with Crippen LogP contribution < -0.4 is 14.2 Å². The Kier molecular flexibility index (Phi) is 9.34. The van der Waals surface area contributed by atoms with E-state index >= 15 is 0 Å². The quantitative estimate of drug-likeness (QED) is 0.250. The van der Waals surface area contributed by atoms with E-state index in [0.29, 0.717) is 31.4 Å². The molecule has 1 heterocycles. The number of ketones is 1. The zero-order valence-electron chi connectivity index (χ0n) is 25.0. The molecule has 0 aliphatic heterocycles. The van der Waals surface area contributed by atoms with E-state index in [4.69, 9.17) is 16.7 Å². The summed E-state index contributed by atoms with van der Waals surface area (Å²) in [4.78, 5) is 27.6. The maximum Gasteiger partial charge on any atom is 0.289 e. The van der Waals surface area contributed by atoms with Crippen LogP contribution in [0, 0.1) is 0 Å². The zero-order valence-corrected chi connectivity index (χ0v) is 28.3. The fraction of sp³-hybridized carbons (Fsp3) is 0.161. The molecule has 0 fully saturated rings. The number of carbonyl (C=O) groups is 2. The summed E-state index contributed by atoms with van der Waals surface area (Å²) in [5.74, 6) is -1.39. The van der Waals surface area contributed by atoms with Crippen LogP contribution in [0.4, 0.5) is 5.69 Å². The summed E-state index contributed by atoms with van der Waals surface area (Å²) in [6.45, 7) is -0.0141. The number of allylic oxidation sites excluding steroid dienone is 4. The Morgan fingerprint density at radius 3 is 2.32 bits per heavy atom. The Hall–Kier alpha value is -4.12. The third kappa shape index (κ3) is 7.56. The van der Waals surface area contributed by atoms with Gasteiger partial charge in [0.1, 0.15) is 5.69 Å². The average molecular weight is 717 g/mol. The van der Waals surface area contributed by atoms with Gasteiger partial charge in [-0.05, 0) is 47.5 Å². The molecule has 0 spiro atoms. The number of primary sulfonamides is 1. The SMILES string of the molecule is CS(=O)(=O)NCc1cccc(Cn2c(C(=O)N(c3cccc(S(N)(=O)=O)c3)S(C)(=O)=O)c(C3=CC=CCC3=O)c3cc(Cl)ccc32)c1. The molecule has 0 radical (unpaired) electrons. The molecule has 0 saturated heterocycles. The van der Waals surface area contributed by atoms with Crippen molar-refractivity contribution in [2.24, 2.45) is 5.14 Å². The summed E-state index contributed by atoms with van der Waals surface area (Å²) >= 11 is 6.41. The van der Waals surface area contributed by atoms with Gasteiger partial charge in [-0.1, -0.05) is 60.2 Å². The van der Waals surface area contributed by atoms with Crippen molar-refractivity contribution in [3.63, 3.8) is 0 Å². The number of anilines is 1. The first-order valence-electron chi connectivity index (χ1n) is 13.9. The normalized spacial score (nSPS) is 14.0. The van der Waals surface area contributed by atoms with E-state index in [1.807, 2.05) is 0 Å². The van der Waals surface area contributed by atoms with Crippen LogP contribution in [-0.4, -0.2) is 54.0 Å². The minimum absolute atomic E-state index is 0.00170. The van der Waals surface area contributed by atoms with Crippen molar-refractivity contribution in [3.8, 4) is 0 Å². The number of halogens is 1. The zero-order chi connectivity index (χ0) is 34.3. The summed E-state index contributed by atoms with van der Waals surface area (Å²) in [5.41, 5.74) is 1.52. The van der Waals surface area contributed by atoms with E-state index in [2.05, 4.69) is 4.72 Å². The lowest BCUT2D eigenvalue weighted by molar-refractivity contribution is -0.113. The lowest BCUT2D eigenvalue weighted by Crippen LogP contribution is -2.38. The number of Topliss-reactive ketones (excluding diaryl/α,β-unsaturated/α-hetero) is 1. The lowest BCUT2D eigenvalue weighted by Gasteiger charge is -2.23. The number of benzene rings is 3. The molecule has 4 aromatic rings. The molecule has 5 rings (SSSR count). The van der Waals surface area contributed by atoms with E-state index in [-0.39, 0.29) is 47.8 Å². The maximum absolute atomic E-state index is 14.7. The number of fused-ring (bicyclic) bond motifs is 1. The van der Waals surface area contributed by atoms with Crippen LogP contribution in [-0.2, 0) is 48.0 Å². The molecule has 246 valence electrons. The van der Waals surface area contributed by atoms with E-state index in [9.17, 15) is 34.8 Å². The third-order valence-corrected chi connectivity index (χ3v) is 10.1. The van der Waals surface area contributed by atoms with Crippen LogP contribution in [0.15, 0.2) is 89.9 Å². The Labute approximate surface area is 277 Å². The Morgan fingerprint density at radius 1 is 0.957 bits per heavy atom. The smallest absolute Gasteiger partial charge is 0.289 e. The van der Waals surface area contributed by atoms with Gasteiger partial charge >= 0.3 is 0 Å². The summed E-state index contributed by atoms with van der Waals surface area (Å²) < 4.78 is 78.8. The first-order valence-corrected chi connectivity index (χ1v) is 19.5. The molecule has 3 aromatic carbocycles. The minimum Gasteiger partial charge on any atom is -0.331 e. The molecule has 47 heavy (non-hydrogen) atoms. The number of nitrogens with two attached hydrogens (primary N) is 1. The van der Waals surface area contributed by atoms with Gasteiger partial charge in [0.25, 0.3) is 5.91 Å². The second kappa shape index (κ2) is 12.8. The number of nitrogens with one attached hydrogen (secondary N) is 1. The van der Waals surface area contributed by atoms with Gasteiger partial charge in [-0.2, -0.15) is 0 Å². The van der Waals surface area contributed by atoms with E-state index in [1.54, 1.807) is 59.2 Å². The van der Waals surface area contributed by atoms with Crippen LogP contribution in [0.3, 0.4) is 0 Å². The largest absolute Gasteiger partial charge is 0.331 e. The molecule has 1 aliphatic carbocycles. The number of amides is 1. The summed E-state index contributed by atoms with van der Waals surface area (Å²) in [5, 5.41) is 6.00. The predicted octanol–water partition coefficient (Wildman–Crippen LogP) is 3.56. The Bertz CT molecular complexity index is 2350. The minimum atomic E-state index is -4.43. The molecule has 0 atom stereocenters. The van der Waals surface area contributed by atoms with Gasteiger partial charge in [0, 0.05) is 46.6 Å². The maximum atomic E-state index is 14.7. The van der Waals surface area contributed by atoms with Crippen molar-refractivity contribution < 1.29 is 34.8 Å². The highest BCUT2D eigenvalue weighted by Gasteiger charge is 2.35. The van der Waals surface area contributed by atoms with Crippen LogP contribution in [0.2, 0.25) is 5.02 Å². The first kappa shape index (κ1) is 34.2. The molecule has 12 nitrogen and oxygen atoms in total. The summed E-state index contributed by atoms with van der Waals surface area (Å²) in [6, 6.07) is 16.4. The number of rotatable bonds is 10. The van der Waals surface area contributed by atoms with Gasteiger partial charge in [0.05, 0.1) is 23.1 Å². The Morgan fingerprint density at radius 2 is 1.66 bits per heavy atom. The number of carbonyl (C=O) groups excluding carboxylic acids is 2. The van der Waals surface area contributed by atoms with Crippen LogP contribution >= 0.6 is 11.6 Å². The van der Waals surface area contributed by atoms with Crippen molar-refractivity contribution in [2.75, 3.05) is 16.8 Å². The predicted molar refractivity (Wildman–Crippen MR) is 180 cm³/mol. The van der Waals surface area contributed by atoms with E-state index in [1.165, 1.54) is 18.2 Å². The topological polar surface area (TPSA) is 183 Å². The molecule has 1 aromatic heterocycles. The molecule has 0 bridgehead atoms. The van der Waals surface area contributed by atoms with Gasteiger partial charge in [0.15, 0.2) is 5.78 Å². The van der Waals surface area contributed by atoms with E-state index < -0.39 is 40.9 Å². The van der Waals surface area contributed by atoms with Gasteiger partial charge in [-0.3, -0.25) is 9.59 Å². The second-order valence-electron chi connectivity index (χ2n) is 10.9. The molecule has 1 amide bonds. The van der Waals surface area contributed by atoms with Crippen molar-refractivity contribution in [1.29, 1.82) is 0 Å². The average Bonchev–Trinajstić information content (AvgIpc) is 3.28. The molecule has 0 saturated carbocycles. The van der Waals surface area contributed by atoms with Gasteiger partial charge in [0.2, 0.25) is 30.1 Å². The van der Waals surface area contributed by atoms with Crippen LogP contribution in [0.1, 0.15) is 33.6 Å². The molecule has 16 heteroatoms. The van der Waals surface area contributed by atoms with Gasteiger partial charge in [-0.25, -0.2) is 39.4 Å². The van der Waals surface area contributed by atoms with Crippen LogP contribution in [0.5, 0.6) is 0 Å². The highest BCUT2D eigenvalue weighted by Crippen LogP contribution is 2.38. The number of hydrogen-bond acceptors (Lipinski definition) is 8. The highest BCUT2D eigenvalue weighted by molar-refractivity contribution is 7.93. The molecular formula is C31H29ClN4O8S3. The van der Waals surface area contributed by atoms with Gasteiger partial charge < -0.3 is 4.57 Å². The number of aromatic nitrogens is 1. The summed E-state index contributed by atoms with van der Waals surface area (Å²) in [6.07, 6.45) is 6.71. The van der Waals surface area contributed by atoms with E-state index in [0.717, 1.165) is 24.6 Å². The molecule has 1 aliphatic rings. The van der Waals surface area contributed by atoms with Crippen molar-refractivity contribution in [2.45, 2.75) is 24.4 Å². The monoisotopic (exact) mass is 716 g/mol. The fourth-order valence-corrected chi connectivity index (χ4v) is 7.37. The lowest BCUT2D eigenvalue weighted by atomic mass is 9.93. The fourth-order valence-electron chi connectivity index (χ4n) is 5.33. The standard InChI is InChI=1S/C31H29ClN4O8S3/c1-45(39,40)34-18-20-7-5-8-21(15-20)19-35-27-14-13-22(32)16-26(27)29(25-11-3-4-12-28(25)37)30(35)31(38)36(46(2,41)42)23-9-6-10-24(17-23)47(33,43)44/h3-11,13-17,34H,12,18-19H2,1-2H3,(H2,33,43,44). The highest BCUT2D eigenvalue weighted by atomic mass is 35.5.